The van der Waals surface area contributed by atoms with E-state index in [1.807, 2.05) is 168 Å². The quantitative estimate of drug-likeness (QED) is 0.0235. The molecule has 4 rings (SSSR count). The van der Waals surface area contributed by atoms with Crippen LogP contribution >= 0.6 is 0 Å². The van der Waals surface area contributed by atoms with Gasteiger partial charge < -0.3 is 64.2 Å². The normalized spacial score (nSPS) is 14.4. The van der Waals surface area contributed by atoms with Crippen LogP contribution < -0.4 is 29.6 Å². The van der Waals surface area contributed by atoms with Crippen LogP contribution in [0.1, 0.15) is 63.8 Å². The molecule has 8 unspecified atom stereocenters. The van der Waals surface area contributed by atoms with Gasteiger partial charge in [-0.1, -0.05) is 111 Å². The highest BCUT2D eigenvalue weighted by molar-refractivity contribution is 5.37. The fraction of sp³-hybridized carbons (Fsp3) is 0.492. The number of nitrogens with one attached hydrogen (secondary N) is 2. The minimum Gasteiger partial charge on any atom is -0.491 e. The van der Waals surface area contributed by atoms with Crippen molar-refractivity contribution >= 4 is 0 Å². The summed E-state index contributed by atoms with van der Waals surface area (Å²) >= 11 is 0. The van der Waals surface area contributed by atoms with Gasteiger partial charge >= 0.3 is 0 Å². The number of rotatable bonds is 41. The first-order valence-corrected chi connectivity index (χ1v) is 27.2. The lowest BCUT2D eigenvalue weighted by molar-refractivity contribution is -0.0716. The first-order valence-electron chi connectivity index (χ1n) is 27.2. The Morgan fingerprint density at radius 1 is 0.429 bits per heavy atom. The minimum atomic E-state index is -0.829. The highest BCUT2D eigenvalue weighted by atomic mass is 16.6. The van der Waals surface area contributed by atoms with E-state index in [0.29, 0.717) is 82.9 Å². The summed E-state index contributed by atoms with van der Waals surface area (Å²) in [6.07, 6.45) is 6.94. The highest BCUT2D eigenvalue weighted by Gasteiger charge is 2.24. The number of para-hydroxylation sites is 4. The monoisotopic (exact) mass is 1070 g/mol. The Bertz CT molecular complexity index is 2160. The molecule has 14 nitrogen and oxygen atoms in total. The molecular formula is C63H93N3O11. The van der Waals surface area contributed by atoms with Crippen molar-refractivity contribution in [3.05, 3.63) is 170 Å². The van der Waals surface area contributed by atoms with Crippen LogP contribution in [0.4, 0.5) is 0 Å². The van der Waals surface area contributed by atoms with E-state index in [1.165, 1.54) is 0 Å². The summed E-state index contributed by atoms with van der Waals surface area (Å²) in [6, 6.07) is 31.3. The predicted octanol–water partition coefficient (Wildman–Crippen LogP) is 8.14. The van der Waals surface area contributed by atoms with Crippen LogP contribution in [-0.4, -0.2) is 159 Å². The molecule has 0 saturated carbocycles. The molecule has 0 aliphatic rings. The van der Waals surface area contributed by atoms with Crippen molar-refractivity contribution in [2.24, 2.45) is 0 Å². The predicted molar refractivity (Wildman–Crippen MR) is 311 cm³/mol. The number of hydrogen-bond donors (Lipinski definition) is 6. The SMILES string of the molecule is C=CCc1ccccc1OCC(O)CNC(C)C.C=CCc1ccccc1OCC(O)CNC(C)COCC(C)OCC(C)OCC(C)N(CC(O)COc1ccccc1CC=C)CC(O)COc1ccccc1CC=C. The summed E-state index contributed by atoms with van der Waals surface area (Å²) in [7, 11) is 0. The third-order valence-electron chi connectivity index (χ3n) is 12.0. The van der Waals surface area contributed by atoms with Gasteiger partial charge in [0.15, 0.2) is 0 Å². The second-order valence-electron chi connectivity index (χ2n) is 19.8. The molecule has 0 fully saturated rings. The molecule has 4 aromatic carbocycles. The van der Waals surface area contributed by atoms with Crippen molar-refractivity contribution in [1.82, 2.24) is 15.5 Å². The molecule has 14 heteroatoms. The van der Waals surface area contributed by atoms with E-state index in [2.05, 4.69) is 36.9 Å². The number of aliphatic hydroxyl groups excluding tert-OH is 4. The molecule has 8 atom stereocenters. The maximum absolute atomic E-state index is 11.1. The third kappa shape index (κ3) is 28.2. The van der Waals surface area contributed by atoms with Crippen LogP contribution in [0.2, 0.25) is 0 Å². The van der Waals surface area contributed by atoms with Gasteiger partial charge in [0.1, 0.15) is 73.8 Å². The minimum absolute atomic E-state index is 0.0212. The maximum Gasteiger partial charge on any atom is 0.122 e. The zero-order chi connectivity index (χ0) is 56.2. The average molecular weight is 1070 g/mol. The van der Waals surface area contributed by atoms with Crippen LogP contribution in [0, 0.1) is 0 Å². The van der Waals surface area contributed by atoms with E-state index in [9.17, 15) is 20.4 Å². The van der Waals surface area contributed by atoms with Gasteiger partial charge in [0.25, 0.3) is 0 Å². The van der Waals surface area contributed by atoms with Crippen molar-refractivity contribution in [2.75, 3.05) is 79.0 Å². The Balaban J connectivity index is 0.000000730. The van der Waals surface area contributed by atoms with E-state index in [1.54, 1.807) is 0 Å². The summed E-state index contributed by atoms with van der Waals surface area (Å²) in [5.74, 6) is 2.99. The Morgan fingerprint density at radius 3 is 1.14 bits per heavy atom. The zero-order valence-electron chi connectivity index (χ0n) is 47.0. The molecule has 426 valence electrons. The Labute approximate surface area is 461 Å². The molecule has 4 aromatic rings. The number of allylic oxidation sites excluding steroid dienone is 4. The summed E-state index contributed by atoms with van der Waals surface area (Å²) in [5, 5.41) is 49.0. The zero-order valence-corrected chi connectivity index (χ0v) is 47.0. The fourth-order valence-corrected chi connectivity index (χ4v) is 7.80. The molecule has 0 amide bonds. The molecular weight excluding hydrogens is 975 g/mol. The van der Waals surface area contributed by atoms with Crippen molar-refractivity contribution in [3.63, 3.8) is 0 Å². The van der Waals surface area contributed by atoms with Crippen LogP contribution in [0.5, 0.6) is 23.0 Å². The molecule has 0 radical (unpaired) electrons. The van der Waals surface area contributed by atoms with Crippen molar-refractivity contribution in [2.45, 2.75) is 122 Å². The maximum atomic E-state index is 11.1. The van der Waals surface area contributed by atoms with Gasteiger partial charge in [-0.25, -0.2) is 0 Å². The summed E-state index contributed by atoms with van der Waals surface area (Å²) in [5.41, 5.74) is 4.13. The van der Waals surface area contributed by atoms with E-state index >= 15 is 0 Å². The van der Waals surface area contributed by atoms with E-state index in [-0.39, 0.29) is 57.2 Å². The lowest BCUT2D eigenvalue weighted by Crippen LogP contribution is -2.48. The summed E-state index contributed by atoms with van der Waals surface area (Å²) < 4.78 is 41.7. The third-order valence-corrected chi connectivity index (χ3v) is 12.0. The molecule has 0 heterocycles. The molecule has 0 spiro atoms. The summed E-state index contributed by atoms with van der Waals surface area (Å²) in [6.45, 7) is 30.9. The molecule has 0 aliphatic carbocycles. The first-order chi connectivity index (χ1) is 37.1. The molecule has 0 aromatic heterocycles. The first kappa shape index (κ1) is 65.9. The number of benzene rings is 4. The van der Waals surface area contributed by atoms with Gasteiger partial charge in [-0.15, -0.1) is 26.3 Å². The number of nitrogens with zero attached hydrogens (tertiary/aromatic N) is 1. The Morgan fingerprint density at radius 2 is 0.766 bits per heavy atom. The molecule has 0 bridgehead atoms. The fourth-order valence-electron chi connectivity index (χ4n) is 7.80. The van der Waals surface area contributed by atoms with Gasteiger partial charge in [0.05, 0.1) is 38.6 Å². The molecule has 0 aliphatic heterocycles. The topological polar surface area (TPSA) is 173 Å². The standard InChI is InChI=1S/C48H70N2O9.C15H23NO2/c1-8-17-40-20-11-14-23-46(40)57-33-43(51)26-49-36(4)29-54-31-38(6)56-32-39(7)55-30-37(5)50(27-44(52)34-58-47-24-15-12-21-41(47)18-9-2)28-45(53)35-59-48-25-16-13-22-42(48)19-10-3;1-4-7-13-8-5-6-9-15(13)18-11-14(17)10-16-12(2)3/h8-16,20-25,36-39,43-45,49,51-53H,1-3,17-19,26-35H2,4-7H3;4-6,8-9,12,14,16-17H,1,7,10-11H2,2-3H3. The number of hydrogen-bond acceptors (Lipinski definition) is 14. The van der Waals surface area contributed by atoms with Crippen molar-refractivity contribution in [1.29, 1.82) is 0 Å². The van der Waals surface area contributed by atoms with Crippen LogP contribution in [-0.2, 0) is 39.9 Å². The smallest absolute Gasteiger partial charge is 0.122 e. The van der Waals surface area contributed by atoms with Crippen LogP contribution in [0.3, 0.4) is 0 Å². The van der Waals surface area contributed by atoms with Crippen molar-refractivity contribution < 1.29 is 53.6 Å². The van der Waals surface area contributed by atoms with Crippen molar-refractivity contribution in [3.8, 4) is 23.0 Å². The lowest BCUT2D eigenvalue weighted by Gasteiger charge is -2.33. The molecule has 0 saturated heterocycles. The van der Waals surface area contributed by atoms with Gasteiger partial charge in [0.2, 0.25) is 0 Å². The van der Waals surface area contributed by atoms with Crippen LogP contribution in [0.15, 0.2) is 148 Å². The number of ether oxygens (including phenoxy) is 7. The number of aliphatic hydroxyl groups is 4. The van der Waals surface area contributed by atoms with E-state index in [0.717, 1.165) is 40.2 Å². The Hall–Kier alpha value is -5.36. The summed E-state index contributed by atoms with van der Waals surface area (Å²) in [4.78, 5) is 2.00. The van der Waals surface area contributed by atoms with Gasteiger partial charge in [-0.2, -0.15) is 0 Å². The Kier molecular flexibility index (Phi) is 33.4. The van der Waals surface area contributed by atoms with Gasteiger partial charge in [-0.05, 0) is 99.9 Å². The molecule has 77 heavy (non-hydrogen) atoms. The van der Waals surface area contributed by atoms with E-state index < -0.39 is 24.4 Å². The van der Waals surface area contributed by atoms with E-state index in [4.69, 9.17) is 33.2 Å². The molecule has 6 N–H and O–H groups in total. The second kappa shape index (κ2) is 39.1. The van der Waals surface area contributed by atoms with Crippen LogP contribution in [0.25, 0.3) is 0 Å². The lowest BCUT2D eigenvalue weighted by atomic mass is 10.1. The second-order valence-corrected chi connectivity index (χ2v) is 19.8. The van der Waals surface area contributed by atoms with Gasteiger partial charge in [-0.3, -0.25) is 4.90 Å². The highest BCUT2D eigenvalue weighted by Crippen LogP contribution is 2.22. The largest absolute Gasteiger partial charge is 0.491 e. The average Bonchev–Trinajstić information content (AvgIpc) is 3.42. The van der Waals surface area contributed by atoms with Gasteiger partial charge in [0, 0.05) is 44.3 Å².